The highest BCUT2D eigenvalue weighted by molar-refractivity contribution is 5.99. The molecule has 0 radical (unpaired) electrons. The van der Waals surface area contributed by atoms with Gasteiger partial charge >= 0.3 is 0 Å². The summed E-state index contributed by atoms with van der Waals surface area (Å²) in [6, 6.07) is 15.4. The number of aryl methyl sites for hydroxylation is 1. The third-order valence-electron chi connectivity index (χ3n) is 5.54. The van der Waals surface area contributed by atoms with Crippen LogP contribution in [0.1, 0.15) is 16.8 Å². The molecule has 2 aromatic heterocycles. The van der Waals surface area contributed by atoms with Gasteiger partial charge in [-0.25, -0.2) is 4.68 Å². The topological polar surface area (TPSA) is 69.5 Å². The van der Waals surface area contributed by atoms with E-state index < -0.39 is 0 Å². The molecular weight excluding hydrogens is 380 g/mol. The maximum absolute atomic E-state index is 13.1. The number of likely N-dealkylation sites (tertiary alicyclic amines) is 1. The summed E-state index contributed by atoms with van der Waals surface area (Å²) in [5, 5.41) is 6.38. The van der Waals surface area contributed by atoms with E-state index in [2.05, 4.69) is 10.1 Å². The largest absolute Gasteiger partial charge is 0.486 e. The predicted molar refractivity (Wildman–Crippen MR) is 114 cm³/mol. The molecule has 4 aromatic rings. The molecule has 152 valence electrons. The molecule has 1 unspecified atom stereocenters. The van der Waals surface area contributed by atoms with Crippen LogP contribution >= 0.6 is 0 Å². The average Bonchev–Trinajstić information content (AvgIpc) is 3.36. The van der Waals surface area contributed by atoms with Crippen molar-refractivity contribution in [3.63, 3.8) is 0 Å². The van der Waals surface area contributed by atoms with Gasteiger partial charge in [-0.2, -0.15) is 5.10 Å². The maximum atomic E-state index is 13.1. The fraction of sp³-hybridized carbons (Fsp3) is 0.261. The number of amides is 1. The summed E-state index contributed by atoms with van der Waals surface area (Å²) in [6.45, 7) is 1.21. The van der Waals surface area contributed by atoms with Crippen LogP contribution in [0.5, 0.6) is 11.6 Å². The Balaban J connectivity index is 1.33. The Labute approximate surface area is 173 Å². The van der Waals surface area contributed by atoms with Crippen LogP contribution < -0.4 is 9.47 Å². The molecule has 0 spiro atoms. The molecular formula is C23H22N4O3. The fourth-order valence-corrected chi connectivity index (χ4v) is 4.09. The van der Waals surface area contributed by atoms with Crippen LogP contribution in [0, 0.1) is 0 Å². The lowest BCUT2D eigenvalue weighted by atomic mass is 10.1. The average molecular weight is 402 g/mol. The molecule has 0 aliphatic carbocycles. The van der Waals surface area contributed by atoms with Crippen molar-refractivity contribution in [1.29, 1.82) is 0 Å². The van der Waals surface area contributed by atoms with E-state index in [-0.39, 0.29) is 12.0 Å². The number of aromatic nitrogens is 3. The van der Waals surface area contributed by atoms with Crippen molar-refractivity contribution in [3.8, 4) is 11.6 Å². The molecule has 3 heterocycles. The van der Waals surface area contributed by atoms with Gasteiger partial charge in [0.1, 0.15) is 17.4 Å². The Kier molecular flexibility index (Phi) is 4.50. The quantitative estimate of drug-likeness (QED) is 0.523. The molecule has 5 rings (SSSR count). The van der Waals surface area contributed by atoms with Gasteiger partial charge in [-0.3, -0.25) is 9.78 Å². The fourth-order valence-electron chi connectivity index (χ4n) is 4.09. The zero-order valence-corrected chi connectivity index (χ0v) is 16.9. The Hall–Kier alpha value is -3.61. The monoisotopic (exact) mass is 402 g/mol. The van der Waals surface area contributed by atoms with Gasteiger partial charge in [-0.05, 0) is 30.3 Å². The lowest BCUT2D eigenvalue weighted by Crippen LogP contribution is -2.30. The van der Waals surface area contributed by atoms with E-state index in [9.17, 15) is 4.79 Å². The minimum absolute atomic E-state index is 0.0105. The van der Waals surface area contributed by atoms with E-state index in [0.29, 0.717) is 24.5 Å². The molecule has 0 saturated carbocycles. The SMILES string of the molecule is COc1c2ccc(C(=O)N3CCC(Oc4cccc5cccnc45)C3)cc2nn1C. The van der Waals surface area contributed by atoms with Crippen molar-refractivity contribution >= 4 is 27.7 Å². The number of fused-ring (bicyclic) bond motifs is 2. The van der Waals surface area contributed by atoms with Crippen LogP contribution in [-0.4, -0.2) is 51.9 Å². The molecule has 1 saturated heterocycles. The smallest absolute Gasteiger partial charge is 0.254 e. The maximum Gasteiger partial charge on any atom is 0.254 e. The second-order valence-electron chi connectivity index (χ2n) is 7.48. The van der Waals surface area contributed by atoms with Gasteiger partial charge in [0, 0.05) is 37.2 Å². The van der Waals surface area contributed by atoms with Crippen molar-refractivity contribution in [2.45, 2.75) is 12.5 Å². The number of hydrogen-bond acceptors (Lipinski definition) is 5. The van der Waals surface area contributed by atoms with Crippen molar-refractivity contribution < 1.29 is 14.3 Å². The van der Waals surface area contributed by atoms with Gasteiger partial charge in [0.15, 0.2) is 0 Å². The Morgan fingerprint density at radius 2 is 2.03 bits per heavy atom. The van der Waals surface area contributed by atoms with Crippen LogP contribution in [-0.2, 0) is 7.05 Å². The van der Waals surface area contributed by atoms with E-state index in [1.54, 1.807) is 18.0 Å². The van der Waals surface area contributed by atoms with Crippen molar-refractivity contribution in [1.82, 2.24) is 19.7 Å². The predicted octanol–water partition coefficient (Wildman–Crippen LogP) is 3.42. The zero-order valence-electron chi connectivity index (χ0n) is 16.9. The van der Waals surface area contributed by atoms with E-state index in [1.807, 2.05) is 60.5 Å². The summed E-state index contributed by atoms with van der Waals surface area (Å²) >= 11 is 0. The van der Waals surface area contributed by atoms with Gasteiger partial charge in [-0.1, -0.05) is 18.2 Å². The van der Waals surface area contributed by atoms with Gasteiger partial charge in [0.05, 0.1) is 24.6 Å². The molecule has 1 amide bonds. The number of carbonyl (C=O) groups is 1. The highest BCUT2D eigenvalue weighted by atomic mass is 16.5. The second kappa shape index (κ2) is 7.33. The number of carbonyl (C=O) groups excluding carboxylic acids is 1. The first-order chi connectivity index (χ1) is 14.6. The highest BCUT2D eigenvalue weighted by Gasteiger charge is 2.29. The number of hydrogen-bond donors (Lipinski definition) is 0. The minimum Gasteiger partial charge on any atom is -0.486 e. The van der Waals surface area contributed by atoms with Crippen molar-refractivity contribution in [2.75, 3.05) is 20.2 Å². The number of ether oxygens (including phenoxy) is 2. The summed E-state index contributed by atoms with van der Waals surface area (Å²) in [6.07, 6.45) is 2.50. The Morgan fingerprint density at radius 3 is 2.90 bits per heavy atom. The lowest BCUT2D eigenvalue weighted by molar-refractivity contribution is 0.0773. The van der Waals surface area contributed by atoms with Gasteiger partial charge in [0.2, 0.25) is 5.88 Å². The molecule has 1 aliphatic rings. The van der Waals surface area contributed by atoms with Crippen LogP contribution in [0.15, 0.2) is 54.7 Å². The van der Waals surface area contributed by atoms with Gasteiger partial charge in [-0.15, -0.1) is 0 Å². The summed E-state index contributed by atoms with van der Waals surface area (Å²) in [5.41, 5.74) is 2.21. The summed E-state index contributed by atoms with van der Waals surface area (Å²) < 4.78 is 13.3. The van der Waals surface area contributed by atoms with Crippen LogP contribution in [0.3, 0.4) is 0 Å². The minimum atomic E-state index is -0.0553. The molecule has 0 bridgehead atoms. The molecule has 1 fully saturated rings. The number of nitrogens with zero attached hydrogens (tertiary/aromatic N) is 4. The van der Waals surface area contributed by atoms with E-state index in [1.165, 1.54) is 0 Å². The van der Waals surface area contributed by atoms with Crippen molar-refractivity contribution in [3.05, 3.63) is 60.3 Å². The zero-order chi connectivity index (χ0) is 20.7. The van der Waals surface area contributed by atoms with Crippen molar-refractivity contribution in [2.24, 2.45) is 7.05 Å². The lowest BCUT2D eigenvalue weighted by Gasteiger charge is -2.18. The second-order valence-corrected chi connectivity index (χ2v) is 7.48. The molecule has 0 N–H and O–H groups in total. The third kappa shape index (κ3) is 3.12. The summed E-state index contributed by atoms with van der Waals surface area (Å²) in [5.74, 6) is 1.43. The number of methoxy groups -OCH3 is 1. The van der Waals surface area contributed by atoms with Crippen LogP contribution in [0.2, 0.25) is 0 Å². The Bertz CT molecular complexity index is 1240. The number of benzene rings is 2. The van der Waals surface area contributed by atoms with Crippen LogP contribution in [0.4, 0.5) is 0 Å². The first-order valence-electron chi connectivity index (χ1n) is 9.94. The first-order valence-corrected chi connectivity index (χ1v) is 9.94. The molecule has 1 atom stereocenters. The van der Waals surface area contributed by atoms with E-state index in [0.717, 1.165) is 34.0 Å². The summed E-state index contributed by atoms with van der Waals surface area (Å²) in [4.78, 5) is 19.3. The standard InChI is InChI=1S/C23H22N4O3/c1-26-23(29-2)18-9-8-16(13-19(18)25-26)22(28)27-12-10-17(14-27)30-20-7-3-5-15-6-4-11-24-21(15)20/h3-9,11,13,17H,10,12,14H2,1-2H3. The normalized spacial score (nSPS) is 16.3. The Morgan fingerprint density at radius 1 is 1.17 bits per heavy atom. The molecule has 1 aliphatic heterocycles. The third-order valence-corrected chi connectivity index (χ3v) is 5.54. The van der Waals surface area contributed by atoms with Gasteiger partial charge in [0.25, 0.3) is 5.91 Å². The molecule has 2 aromatic carbocycles. The number of pyridine rings is 1. The molecule has 30 heavy (non-hydrogen) atoms. The van der Waals surface area contributed by atoms with E-state index in [4.69, 9.17) is 9.47 Å². The number of rotatable bonds is 4. The van der Waals surface area contributed by atoms with Crippen LogP contribution in [0.25, 0.3) is 21.8 Å². The molecule has 7 heteroatoms. The molecule has 7 nitrogen and oxygen atoms in total. The van der Waals surface area contributed by atoms with E-state index >= 15 is 0 Å². The highest BCUT2D eigenvalue weighted by Crippen LogP contribution is 2.28. The number of para-hydroxylation sites is 1. The van der Waals surface area contributed by atoms with Gasteiger partial charge < -0.3 is 14.4 Å². The first kappa shape index (κ1) is 18.4. The summed E-state index contributed by atoms with van der Waals surface area (Å²) in [7, 11) is 3.44.